The molecule has 124 valence electrons. The summed E-state index contributed by atoms with van der Waals surface area (Å²) in [7, 11) is 1.15. The van der Waals surface area contributed by atoms with E-state index in [1.807, 2.05) is 0 Å². The minimum Gasteiger partial charge on any atom is -0.467 e. The molecule has 0 aliphatic rings. The van der Waals surface area contributed by atoms with Crippen LogP contribution in [0.1, 0.15) is 45.3 Å². The van der Waals surface area contributed by atoms with E-state index in [2.05, 4.69) is 15.2 Å². The third-order valence-corrected chi connectivity index (χ3v) is 2.84. The molecule has 0 aromatic carbocycles. The topological polar surface area (TPSA) is 111 Å². The Bertz CT molecular complexity index is 548. The van der Waals surface area contributed by atoms with Gasteiger partial charge in [0.2, 0.25) is 0 Å². The number of esters is 1. The Balaban J connectivity index is 3.04. The van der Waals surface area contributed by atoms with E-state index in [0.29, 0.717) is 5.76 Å². The maximum Gasteiger partial charge on any atom is 0.408 e. The number of carbonyl (C=O) groups is 2. The summed E-state index contributed by atoms with van der Waals surface area (Å²) in [4.78, 5) is 24.0. The summed E-state index contributed by atoms with van der Waals surface area (Å²) in [5.74, 6) is -0.384. The maximum absolute atomic E-state index is 12.0. The molecule has 0 saturated carbocycles. The van der Waals surface area contributed by atoms with E-state index in [9.17, 15) is 14.7 Å². The van der Waals surface area contributed by atoms with Crippen LogP contribution in [0.3, 0.4) is 0 Å². The zero-order chi connectivity index (χ0) is 17.1. The minimum atomic E-state index is -1.78. The van der Waals surface area contributed by atoms with Crippen LogP contribution in [0.4, 0.5) is 4.79 Å². The van der Waals surface area contributed by atoms with Crippen LogP contribution in [0.25, 0.3) is 0 Å². The molecule has 8 heteroatoms. The van der Waals surface area contributed by atoms with Gasteiger partial charge in [-0.05, 0) is 34.6 Å². The number of alkyl carbamates (subject to hydrolysis) is 1. The number of hydrogen-bond acceptors (Lipinski definition) is 7. The lowest BCUT2D eigenvalue weighted by molar-refractivity contribution is -0.153. The van der Waals surface area contributed by atoms with Gasteiger partial charge in [-0.1, -0.05) is 5.16 Å². The van der Waals surface area contributed by atoms with Gasteiger partial charge in [-0.15, -0.1) is 0 Å². The summed E-state index contributed by atoms with van der Waals surface area (Å²) in [6.07, 6.45) is -2.33. The van der Waals surface area contributed by atoms with Crippen molar-refractivity contribution in [2.45, 2.75) is 51.9 Å². The molecule has 2 N–H and O–H groups in total. The highest BCUT2D eigenvalue weighted by Gasteiger charge is 2.46. The first kappa shape index (κ1) is 18.0. The molecular formula is C14H22N2O6. The van der Waals surface area contributed by atoms with E-state index in [1.54, 1.807) is 27.7 Å². The fourth-order valence-corrected chi connectivity index (χ4v) is 1.77. The third kappa shape index (κ3) is 4.20. The fraction of sp³-hybridized carbons (Fsp3) is 0.643. The van der Waals surface area contributed by atoms with E-state index in [1.165, 1.54) is 13.0 Å². The molecule has 8 nitrogen and oxygen atoms in total. The number of nitrogens with one attached hydrogen (secondary N) is 1. The lowest BCUT2D eigenvalue weighted by atomic mass is 9.92. The number of nitrogens with zero attached hydrogens (tertiary/aromatic N) is 1. The van der Waals surface area contributed by atoms with Gasteiger partial charge in [0, 0.05) is 6.07 Å². The highest BCUT2D eigenvalue weighted by molar-refractivity contribution is 5.86. The Kier molecular flexibility index (Phi) is 5.18. The molecule has 1 aromatic heterocycles. The molecule has 0 fully saturated rings. The van der Waals surface area contributed by atoms with Crippen LogP contribution in [0.2, 0.25) is 0 Å². The average Bonchev–Trinajstić information content (AvgIpc) is 2.80. The molecule has 0 spiro atoms. The van der Waals surface area contributed by atoms with Crippen molar-refractivity contribution >= 4 is 12.1 Å². The molecule has 0 aliphatic carbocycles. The maximum atomic E-state index is 12.0. The molecule has 0 saturated heterocycles. The minimum absolute atomic E-state index is 0.0986. The van der Waals surface area contributed by atoms with Crippen molar-refractivity contribution in [1.29, 1.82) is 0 Å². The Morgan fingerprint density at radius 3 is 2.36 bits per heavy atom. The van der Waals surface area contributed by atoms with E-state index in [4.69, 9.17) is 9.26 Å². The third-order valence-electron chi connectivity index (χ3n) is 2.84. The number of methoxy groups -OCH3 is 1. The second-order valence-corrected chi connectivity index (χ2v) is 6.09. The first-order chi connectivity index (χ1) is 9.99. The molecule has 22 heavy (non-hydrogen) atoms. The van der Waals surface area contributed by atoms with Gasteiger partial charge in [0.1, 0.15) is 23.2 Å². The summed E-state index contributed by atoms with van der Waals surface area (Å²) in [6.45, 7) is 8.00. The van der Waals surface area contributed by atoms with Gasteiger partial charge in [0.25, 0.3) is 0 Å². The number of ether oxygens (including phenoxy) is 2. The Labute approximate surface area is 128 Å². The Morgan fingerprint density at radius 1 is 1.36 bits per heavy atom. The molecule has 1 unspecified atom stereocenters. The summed E-state index contributed by atoms with van der Waals surface area (Å²) >= 11 is 0. The number of aromatic nitrogens is 1. The molecule has 2 atom stereocenters. The number of rotatable bonds is 4. The average molecular weight is 314 g/mol. The van der Waals surface area contributed by atoms with Gasteiger partial charge in [-0.25, -0.2) is 9.59 Å². The first-order valence-corrected chi connectivity index (χ1v) is 6.70. The quantitative estimate of drug-likeness (QED) is 0.809. The van der Waals surface area contributed by atoms with Crippen LogP contribution >= 0.6 is 0 Å². The van der Waals surface area contributed by atoms with Gasteiger partial charge in [-0.2, -0.15) is 0 Å². The van der Waals surface area contributed by atoms with Gasteiger partial charge in [-0.3, -0.25) is 0 Å². The van der Waals surface area contributed by atoms with Crippen molar-refractivity contribution in [3.8, 4) is 0 Å². The van der Waals surface area contributed by atoms with Crippen LogP contribution in [0.5, 0.6) is 0 Å². The largest absolute Gasteiger partial charge is 0.467 e. The highest BCUT2D eigenvalue weighted by atomic mass is 16.6. The van der Waals surface area contributed by atoms with Crippen molar-refractivity contribution in [2.75, 3.05) is 7.11 Å². The second-order valence-electron chi connectivity index (χ2n) is 6.09. The first-order valence-electron chi connectivity index (χ1n) is 6.70. The SMILES string of the molecule is COC(=O)C(C)(NC(=O)OC(C)(C)C)[C@@H](O)c1cc(C)on1. The normalized spacial score (nSPS) is 15.6. The number of aryl methyl sites for hydroxylation is 1. The van der Waals surface area contributed by atoms with E-state index < -0.39 is 29.3 Å². The zero-order valence-corrected chi connectivity index (χ0v) is 13.6. The number of aliphatic hydroxyl groups is 1. The van der Waals surface area contributed by atoms with Crippen molar-refractivity contribution in [2.24, 2.45) is 0 Å². The van der Waals surface area contributed by atoms with Crippen molar-refractivity contribution < 1.29 is 28.7 Å². The standard InChI is InChI=1S/C14H22N2O6/c1-8-7-9(16-22-8)10(17)14(5,11(18)20-6)15-12(19)21-13(2,3)4/h7,10,17H,1-6H3,(H,15,19)/t10-,14?/m0/s1. The van der Waals surface area contributed by atoms with Gasteiger partial charge in [0.15, 0.2) is 5.54 Å². The number of carbonyl (C=O) groups excluding carboxylic acids is 2. The Hall–Kier alpha value is -2.09. The lowest BCUT2D eigenvalue weighted by Gasteiger charge is -2.32. The highest BCUT2D eigenvalue weighted by Crippen LogP contribution is 2.27. The van der Waals surface area contributed by atoms with E-state index >= 15 is 0 Å². The number of hydrogen-bond donors (Lipinski definition) is 2. The van der Waals surface area contributed by atoms with Crippen LogP contribution in [0, 0.1) is 6.92 Å². The van der Waals surface area contributed by atoms with Gasteiger partial charge < -0.3 is 24.4 Å². The number of amides is 1. The van der Waals surface area contributed by atoms with Gasteiger partial charge >= 0.3 is 12.1 Å². The predicted octanol–water partition coefficient (Wildman–Crippen LogP) is 1.47. The lowest BCUT2D eigenvalue weighted by Crippen LogP contribution is -2.57. The summed E-state index contributed by atoms with van der Waals surface area (Å²) in [6, 6.07) is 1.46. The Morgan fingerprint density at radius 2 is 1.95 bits per heavy atom. The van der Waals surface area contributed by atoms with Crippen LogP contribution in [-0.4, -0.2) is 40.6 Å². The fourth-order valence-electron chi connectivity index (χ4n) is 1.77. The van der Waals surface area contributed by atoms with Gasteiger partial charge in [0.05, 0.1) is 7.11 Å². The molecule has 1 aromatic rings. The van der Waals surface area contributed by atoms with Crippen LogP contribution in [-0.2, 0) is 14.3 Å². The van der Waals surface area contributed by atoms with Crippen LogP contribution < -0.4 is 5.32 Å². The smallest absolute Gasteiger partial charge is 0.408 e. The molecule has 1 amide bonds. The van der Waals surface area contributed by atoms with E-state index in [0.717, 1.165) is 7.11 Å². The predicted molar refractivity (Wildman–Crippen MR) is 76.0 cm³/mol. The van der Waals surface area contributed by atoms with Crippen LogP contribution in [0.15, 0.2) is 10.6 Å². The number of aliphatic hydroxyl groups excluding tert-OH is 1. The zero-order valence-electron chi connectivity index (χ0n) is 13.6. The molecule has 0 radical (unpaired) electrons. The summed E-state index contributed by atoms with van der Waals surface area (Å²) in [5.41, 5.74) is -2.43. The monoisotopic (exact) mass is 314 g/mol. The summed E-state index contributed by atoms with van der Waals surface area (Å²) < 4.78 is 14.6. The van der Waals surface area contributed by atoms with E-state index in [-0.39, 0.29) is 5.69 Å². The molecule has 0 bridgehead atoms. The van der Waals surface area contributed by atoms with Crippen molar-refractivity contribution in [3.05, 3.63) is 17.5 Å². The molecule has 1 rings (SSSR count). The second kappa shape index (κ2) is 6.35. The van der Waals surface area contributed by atoms with Crippen molar-refractivity contribution in [1.82, 2.24) is 10.5 Å². The van der Waals surface area contributed by atoms with Crippen molar-refractivity contribution in [3.63, 3.8) is 0 Å². The molecule has 1 heterocycles. The molecule has 0 aliphatic heterocycles. The summed E-state index contributed by atoms with van der Waals surface area (Å²) in [5, 5.41) is 16.4. The molecular weight excluding hydrogens is 292 g/mol.